The van der Waals surface area contributed by atoms with E-state index in [-0.39, 0.29) is 13.2 Å². The molecule has 1 aromatic carbocycles. The van der Waals surface area contributed by atoms with E-state index in [0.29, 0.717) is 28.7 Å². The summed E-state index contributed by atoms with van der Waals surface area (Å²) >= 11 is 6.16. The van der Waals surface area contributed by atoms with E-state index >= 15 is 0 Å². The quantitative estimate of drug-likeness (QED) is 0.828. The van der Waals surface area contributed by atoms with Gasteiger partial charge in [0.2, 0.25) is 5.91 Å². The fraction of sp³-hybridized carbons (Fsp3) is 0.462. The molecule has 0 saturated carbocycles. The molecule has 3 N–H and O–H groups in total. The van der Waals surface area contributed by atoms with Crippen LogP contribution in [-0.2, 0) is 11.4 Å². The number of carbonyl (C=O) groups excluding carboxylic acids is 1. The lowest BCUT2D eigenvalue weighted by molar-refractivity contribution is -0.116. The van der Waals surface area contributed by atoms with Crippen LogP contribution in [-0.4, -0.2) is 24.1 Å². The highest BCUT2D eigenvalue weighted by Crippen LogP contribution is 2.30. The van der Waals surface area contributed by atoms with Gasteiger partial charge in [-0.25, -0.2) is 0 Å². The van der Waals surface area contributed by atoms with Crippen molar-refractivity contribution in [1.29, 1.82) is 0 Å². The number of hydrogen-bond donors (Lipinski definition) is 2. The van der Waals surface area contributed by atoms with Crippen LogP contribution < -0.4 is 10.6 Å². The maximum absolute atomic E-state index is 11.2. The van der Waals surface area contributed by atoms with Crippen molar-refractivity contribution in [2.24, 2.45) is 11.7 Å². The molecule has 0 fully saturated rings. The molecule has 0 atom stereocenters. The summed E-state index contributed by atoms with van der Waals surface area (Å²) in [6, 6.07) is 5.30. The van der Waals surface area contributed by atoms with E-state index in [4.69, 9.17) is 17.3 Å². The van der Waals surface area contributed by atoms with Crippen LogP contribution in [0, 0.1) is 5.92 Å². The van der Waals surface area contributed by atoms with Crippen LogP contribution in [0.1, 0.15) is 19.4 Å². The first-order valence-electron chi connectivity index (χ1n) is 5.87. The number of amides is 1. The molecular formula is C13H19ClN2O2. The van der Waals surface area contributed by atoms with Gasteiger partial charge in [-0.1, -0.05) is 37.6 Å². The van der Waals surface area contributed by atoms with Gasteiger partial charge in [0.05, 0.1) is 23.9 Å². The molecule has 0 spiro atoms. The number of carbonyl (C=O) groups is 1. The fourth-order valence-electron chi connectivity index (χ4n) is 1.91. The highest BCUT2D eigenvalue weighted by molar-refractivity contribution is 6.33. The molecule has 4 nitrogen and oxygen atoms in total. The van der Waals surface area contributed by atoms with Crippen molar-refractivity contribution in [3.63, 3.8) is 0 Å². The summed E-state index contributed by atoms with van der Waals surface area (Å²) in [7, 11) is 0. The van der Waals surface area contributed by atoms with Gasteiger partial charge in [-0.15, -0.1) is 0 Å². The fourth-order valence-corrected chi connectivity index (χ4v) is 2.22. The number of halogens is 1. The average Bonchev–Trinajstić information content (AvgIpc) is 2.26. The highest BCUT2D eigenvalue weighted by Gasteiger charge is 2.17. The second-order valence-corrected chi connectivity index (χ2v) is 5.05. The molecule has 100 valence electrons. The Morgan fingerprint density at radius 1 is 1.50 bits per heavy atom. The number of nitrogens with zero attached hydrogens (tertiary/aromatic N) is 1. The predicted octanol–water partition coefficient (Wildman–Crippen LogP) is 1.78. The summed E-state index contributed by atoms with van der Waals surface area (Å²) in [6.07, 6.45) is 0. The van der Waals surface area contributed by atoms with Crippen LogP contribution in [0.5, 0.6) is 0 Å². The number of aliphatic hydroxyl groups is 1. The van der Waals surface area contributed by atoms with Crippen LogP contribution in [0.15, 0.2) is 18.2 Å². The Morgan fingerprint density at radius 3 is 2.67 bits per heavy atom. The van der Waals surface area contributed by atoms with Crippen molar-refractivity contribution in [1.82, 2.24) is 0 Å². The first kappa shape index (κ1) is 14.8. The molecular weight excluding hydrogens is 252 g/mol. The largest absolute Gasteiger partial charge is 0.392 e. The predicted molar refractivity (Wildman–Crippen MR) is 73.6 cm³/mol. The lowest BCUT2D eigenvalue weighted by atomic mass is 10.1. The summed E-state index contributed by atoms with van der Waals surface area (Å²) in [5, 5.41) is 9.88. The first-order chi connectivity index (χ1) is 8.45. The molecule has 0 heterocycles. The van der Waals surface area contributed by atoms with Gasteiger partial charge >= 0.3 is 0 Å². The van der Waals surface area contributed by atoms with Crippen LogP contribution in [0.3, 0.4) is 0 Å². The third-order valence-corrected chi connectivity index (χ3v) is 2.79. The Hall–Kier alpha value is -1.26. The molecule has 1 rings (SSSR count). The lowest BCUT2D eigenvalue weighted by Gasteiger charge is -2.28. The number of hydrogen-bond acceptors (Lipinski definition) is 3. The lowest BCUT2D eigenvalue weighted by Crippen LogP contribution is -2.37. The Kier molecular flexibility index (Phi) is 5.44. The number of rotatable bonds is 6. The van der Waals surface area contributed by atoms with Crippen molar-refractivity contribution in [3.05, 3.63) is 28.8 Å². The zero-order chi connectivity index (χ0) is 13.7. The highest BCUT2D eigenvalue weighted by atomic mass is 35.5. The summed E-state index contributed by atoms with van der Waals surface area (Å²) in [5.41, 5.74) is 6.65. The summed E-state index contributed by atoms with van der Waals surface area (Å²) < 4.78 is 0. The number of anilines is 1. The Morgan fingerprint density at radius 2 is 2.17 bits per heavy atom. The minimum atomic E-state index is -0.417. The molecule has 5 heteroatoms. The number of benzene rings is 1. The van der Waals surface area contributed by atoms with E-state index in [0.717, 1.165) is 0 Å². The maximum atomic E-state index is 11.2. The van der Waals surface area contributed by atoms with E-state index in [1.54, 1.807) is 18.2 Å². The molecule has 0 aliphatic rings. The van der Waals surface area contributed by atoms with E-state index in [9.17, 15) is 9.90 Å². The molecule has 18 heavy (non-hydrogen) atoms. The molecule has 0 bridgehead atoms. The van der Waals surface area contributed by atoms with Gasteiger partial charge in [-0.3, -0.25) is 4.79 Å². The van der Waals surface area contributed by atoms with Gasteiger partial charge in [0, 0.05) is 12.1 Å². The molecule has 0 aliphatic heterocycles. The van der Waals surface area contributed by atoms with Gasteiger partial charge < -0.3 is 15.7 Å². The van der Waals surface area contributed by atoms with Crippen molar-refractivity contribution < 1.29 is 9.90 Å². The van der Waals surface area contributed by atoms with Gasteiger partial charge in [0.1, 0.15) is 0 Å². The van der Waals surface area contributed by atoms with E-state index in [2.05, 4.69) is 0 Å². The summed E-state index contributed by atoms with van der Waals surface area (Å²) in [6.45, 7) is 4.71. The molecule has 1 aromatic rings. The first-order valence-corrected chi connectivity index (χ1v) is 6.25. The van der Waals surface area contributed by atoms with Crippen molar-refractivity contribution >= 4 is 23.2 Å². The molecule has 0 saturated heterocycles. The zero-order valence-corrected chi connectivity index (χ0v) is 11.4. The monoisotopic (exact) mass is 270 g/mol. The number of aliphatic hydroxyl groups excluding tert-OH is 1. The molecule has 1 amide bonds. The van der Waals surface area contributed by atoms with Crippen LogP contribution in [0.4, 0.5) is 5.69 Å². The average molecular weight is 271 g/mol. The van der Waals surface area contributed by atoms with Crippen LogP contribution >= 0.6 is 11.6 Å². The van der Waals surface area contributed by atoms with Crippen molar-refractivity contribution in [2.45, 2.75) is 20.5 Å². The third-order valence-electron chi connectivity index (χ3n) is 2.49. The van der Waals surface area contributed by atoms with Gasteiger partial charge in [-0.05, 0) is 12.0 Å². The van der Waals surface area contributed by atoms with Crippen molar-refractivity contribution in [2.75, 3.05) is 18.0 Å². The Balaban J connectivity index is 3.14. The van der Waals surface area contributed by atoms with Crippen LogP contribution in [0.25, 0.3) is 0 Å². The van der Waals surface area contributed by atoms with E-state index < -0.39 is 5.91 Å². The number of primary amides is 1. The second kappa shape index (κ2) is 6.61. The summed E-state index contributed by atoms with van der Waals surface area (Å²) in [4.78, 5) is 13.0. The molecule has 0 aliphatic carbocycles. The van der Waals surface area contributed by atoms with Crippen LogP contribution in [0.2, 0.25) is 5.02 Å². The van der Waals surface area contributed by atoms with Crippen molar-refractivity contribution in [3.8, 4) is 0 Å². The van der Waals surface area contributed by atoms with Gasteiger partial charge in [-0.2, -0.15) is 0 Å². The van der Waals surface area contributed by atoms with Gasteiger partial charge in [0.15, 0.2) is 0 Å². The Bertz CT molecular complexity index is 421. The second-order valence-electron chi connectivity index (χ2n) is 4.65. The standard InChI is InChI=1S/C13H19ClN2O2/c1-9(2)6-16(7-12(15)18)13-10(8-17)4-3-5-11(13)14/h3-5,9,17H,6-8H2,1-2H3,(H2,15,18). The number of nitrogens with two attached hydrogens (primary N) is 1. The molecule has 0 unspecified atom stereocenters. The SMILES string of the molecule is CC(C)CN(CC(N)=O)c1c(Cl)cccc1CO. The maximum Gasteiger partial charge on any atom is 0.236 e. The van der Waals surface area contributed by atoms with E-state index in [1.807, 2.05) is 18.7 Å². The minimum absolute atomic E-state index is 0.0922. The zero-order valence-electron chi connectivity index (χ0n) is 10.7. The molecule has 0 aromatic heterocycles. The molecule has 0 radical (unpaired) electrons. The topological polar surface area (TPSA) is 66.6 Å². The minimum Gasteiger partial charge on any atom is -0.392 e. The third kappa shape index (κ3) is 3.89. The number of para-hydroxylation sites is 1. The Labute approximate surface area is 112 Å². The summed E-state index contributed by atoms with van der Waals surface area (Å²) in [5.74, 6) is -0.0633. The van der Waals surface area contributed by atoms with E-state index in [1.165, 1.54) is 0 Å². The smallest absolute Gasteiger partial charge is 0.236 e. The van der Waals surface area contributed by atoms with Gasteiger partial charge in [0.25, 0.3) is 0 Å². The normalized spacial score (nSPS) is 10.7.